The minimum Gasteiger partial charge on any atom is -0.309 e. The van der Waals surface area contributed by atoms with Gasteiger partial charge in [-0.05, 0) is 93.0 Å². The van der Waals surface area contributed by atoms with Crippen molar-refractivity contribution in [2.45, 2.75) is 0 Å². The molecule has 0 saturated carbocycles. The third-order valence-corrected chi connectivity index (χ3v) is 14.1. The summed E-state index contributed by atoms with van der Waals surface area (Å²) in [5.74, 6) is 0. The minimum atomic E-state index is 1.16. The second kappa shape index (κ2) is 12.9. The molecule has 57 heavy (non-hydrogen) atoms. The van der Waals surface area contributed by atoms with Gasteiger partial charge in [0.1, 0.15) is 0 Å². The van der Waals surface area contributed by atoms with E-state index in [0.29, 0.717) is 0 Å². The molecular formula is C54H33NS2. The summed E-state index contributed by atoms with van der Waals surface area (Å²) in [6, 6.07) is 73.8. The number of hydrogen-bond donors (Lipinski definition) is 0. The Morgan fingerprint density at radius 2 is 0.684 bits per heavy atom. The lowest BCUT2D eigenvalue weighted by molar-refractivity contribution is 1.18. The first-order valence-electron chi connectivity index (χ1n) is 19.4. The van der Waals surface area contributed by atoms with Gasteiger partial charge in [-0.2, -0.15) is 0 Å². The second-order valence-corrected chi connectivity index (χ2v) is 17.0. The van der Waals surface area contributed by atoms with Crippen molar-refractivity contribution in [1.82, 2.24) is 4.57 Å². The third-order valence-electron chi connectivity index (χ3n) is 11.6. The van der Waals surface area contributed by atoms with Crippen molar-refractivity contribution in [3.8, 4) is 50.2 Å². The van der Waals surface area contributed by atoms with Crippen LogP contribution in [0.25, 0.3) is 112 Å². The molecule has 3 aromatic heterocycles. The first-order valence-corrected chi connectivity index (χ1v) is 21.0. The van der Waals surface area contributed by atoms with Crippen molar-refractivity contribution in [2.75, 3.05) is 0 Å². The number of fused-ring (bicyclic) bond motifs is 9. The number of hydrogen-bond acceptors (Lipinski definition) is 2. The lowest BCUT2D eigenvalue weighted by Crippen LogP contribution is -1.93. The van der Waals surface area contributed by atoms with Crippen LogP contribution in [0.15, 0.2) is 200 Å². The van der Waals surface area contributed by atoms with Gasteiger partial charge in [0.2, 0.25) is 0 Å². The Morgan fingerprint density at radius 1 is 0.281 bits per heavy atom. The molecule has 0 amide bonds. The fourth-order valence-electron chi connectivity index (χ4n) is 8.87. The maximum Gasteiger partial charge on any atom is 0.0541 e. The molecule has 0 unspecified atom stereocenters. The number of rotatable bonds is 5. The van der Waals surface area contributed by atoms with Crippen LogP contribution in [-0.4, -0.2) is 4.57 Å². The molecule has 0 aliphatic rings. The van der Waals surface area contributed by atoms with E-state index in [0.717, 1.165) is 5.69 Å². The molecule has 0 atom stereocenters. The zero-order valence-electron chi connectivity index (χ0n) is 30.8. The van der Waals surface area contributed by atoms with Gasteiger partial charge in [-0.15, -0.1) is 22.7 Å². The van der Waals surface area contributed by atoms with Crippen LogP contribution in [0.4, 0.5) is 0 Å². The Kier molecular flexibility index (Phi) is 7.34. The molecule has 3 heterocycles. The molecule has 0 fully saturated rings. The van der Waals surface area contributed by atoms with E-state index in [1.165, 1.54) is 107 Å². The zero-order chi connectivity index (χ0) is 37.5. The molecule has 12 rings (SSSR count). The van der Waals surface area contributed by atoms with Crippen LogP contribution in [-0.2, 0) is 0 Å². The number of nitrogens with zero attached hydrogens (tertiary/aromatic N) is 1. The van der Waals surface area contributed by atoms with Crippen molar-refractivity contribution in [3.63, 3.8) is 0 Å². The summed E-state index contributed by atoms with van der Waals surface area (Å²) in [5.41, 5.74) is 13.5. The molecule has 0 N–H and O–H groups in total. The van der Waals surface area contributed by atoms with Gasteiger partial charge in [0.05, 0.1) is 11.0 Å². The summed E-state index contributed by atoms with van der Waals surface area (Å²) in [5, 5.41) is 7.83. The Bertz CT molecular complexity index is 3280. The number of thiophene rings is 2. The molecule has 1 nitrogen and oxygen atoms in total. The summed E-state index contributed by atoms with van der Waals surface area (Å²) in [7, 11) is 0. The molecular weight excluding hydrogens is 727 g/mol. The number of benzene rings is 9. The van der Waals surface area contributed by atoms with Gasteiger partial charge < -0.3 is 4.57 Å². The topological polar surface area (TPSA) is 4.93 Å². The monoisotopic (exact) mass is 759 g/mol. The van der Waals surface area contributed by atoms with E-state index in [4.69, 9.17) is 0 Å². The van der Waals surface area contributed by atoms with E-state index in [1.54, 1.807) is 0 Å². The Balaban J connectivity index is 0.947. The quantitative estimate of drug-likeness (QED) is 0.165. The molecule has 9 aromatic carbocycles. The fraction of sp³-hybridized carbons (Fsp3) is 0. The van der Waals surface area contributed by atoms with Crippen LogP contribution < -0.4 is 0 Å². The molecule has 0 saturated heterocycles. The van der Waals surface area contributed by atoms with Gasteiger partial charge in [-0.1, -0.05) is 152 Å². The Hall–Kier alpha value is -6.78. The predicted molar refractivity (Wildman–Crippen MR) is 248 cm³/mol. The van der Waals surface area contributed by atoms with Gasteiger partial charge in [0.25, 0.3) is 0 Å². The predicted octanol–water partition coefficient (Wildman–Crippen LogP) is 16.2. The molecule has 0 aliphatic carbocycles. The van der Waals surface area contributed by atoms with Gasteiger partial charge >= 0.3 is 0 Å². The van der Waals surface area contributed by atoms with Crippen molar-refractivity contribution in [3.05, 3.63) is 200 Å². The van der Waals surface area contributed by atoms with E-state index in [2.05, 4.69) is 205 Å². The van der Waals surface area contributed by atoms with Crippen molar-refractivity contribution in [2.24, 2.45) is 0 Å². The van der Waals surface area contributed by atoms with Gasteiger partial charge in [0, 0.05) is 56.8 Å². The van der Waals surface area contributed by atoms with Gasteiger partial charge in [0.15, 0.2) is 0 Å². The van der Waals surface area contributed by atoms with E-state index in [9.17, 15) is 0 Å². The van der Waals surface area contributed by atoms with Crippen molar-refractivity contribution >= 4 is 84.8 Å². The molecule has 0 radical (unpaired) electrons. The lowest BCUT2D eigenvalue weighted by atomic mass is 9.97. The SMILES string of the molecule is c1ccc(-n2c3ccc(-c4ccc(-c5cccc6c5sc5ccccc56)cc4)cc3c3cc(-c4ccc(-c5cccc6c5sc5ccccc56)cc4)ccc32)cc1. The van der Waals surface area contributed by atoms with Crippen LogP contribution in [0, 0.1) is 0 Å². The van der Waals surface area contributed by atoms with E-state index in [-0.39, 0.29) is 0 Å². The summed E-state index contributed by atoms with van der Waals surface area (Å²) in [4.78, 5) is 0. The largest absolute Gasteiger partial charge is 0.309 e. The first kappa shape index (κ1) is 32.5. The van der Waals surface area contributed by atoms with Crippen LogP contribution in [0.3, 0.4) is 0 Å². The second-order valence-electron chi connectivity index (χ2n) is 14.9. The minimum absolute atomic E-state index is 1.16. The average molecular weight is 760 g/mol. The van der Waals surface area contributed by atoms with Crippen molar-refractivity contribution in [1.29, 1.82) is 0 Å². The average Bonchev–Trinajstić information content (AvgIpc) is 3.96. The third kappa shape index (κ3) is 5.20. The van der Waals surface area contributed by atoms with Crippen LogP contribution in [0.2, 0.25) is 0 Å². The standard InChI is InChI=1S/C54H33NS2/c1-2-10-40(11-3-1)55-49-30-28-38(34-20-24-36(25-21-34)41-14-8-16-45-43-12-4-6-18-51(43)56-53(41)45)32-47(49)48-33-39(29-31-50(48)55)35-22-26-37(27-23-35)42-15-9-17-46-44-13-5-7-19-52(44)57-54(42)46/h1-33H. The molecule has 3 heteroatoms. The highest BCUT2D eigenvalue weighted by Crippen LogP contribution is 2.43. The van der Waals surface area contributed by atoms with Gasteiger partial charge in [-0.3, -0.25) is 0 Å². The highest BCUT2D eigenvalue weighted by molar-refractivity contribution is 7.26. The summed E-state index contributed by atoms with van der Waals surface area (Å²) in [6.07, 6.45) is 0. The van der Waals surface area contributed by atoms with Crippen LogP contribution in [0.5, 0.6) is 0 Å². The number of para-hydroxylation sites is 1. The highest BCUT2D eigenvalue weighted by Gasteiger charge is 2.16. The highest BCUT2D eigenvalue weighted by atomic mass is 32.1. The van der Waals surface area contributed by atoms with E-state index >= 15 is 0 Å². The fourth-order valence-corrected chi connectivity index (χ4v) is 11.3. The van der Waals surface area contributed by atoms with Crippen LogP contribution in [0.1, 0.15) is 0 Å². The Morgan fingerprint density at radius 3 is 1.18 bits per heavy atom. The number of aromatic nitrogens is 1. The lowest BCUT2D eigenvalue weighted by Gasteiger charge is -2.09. The maximum absolute atomic E-state index is 2.40. The van der Waals surface area contributed by atoms with Gasteiger partial charge in [-0.25, -0.2) is 0 Å². The van der Waals surface area contributed by atoms with Crippen molar-refractivity contribution < 1.29 is 0 Å². The molecule has 0 spiro atoms. The molecule has 0 aliphatic heterocycles. The van der Waals surface area contributed by atoms with E-state index < -0.39 is 0 Å². The normalized spacial score (nSPS) is 11.9. The summed E-state index contributed by atoms with van der Waals surface area (Å²) in [6.45, 7) is 0. The summed E-state index contributed by atoms with van der Waals surface area (Å²) < 4.78 is 7.77. The zero-order valence-corrected chi connectivity index (χ0v) is 32.4. The molecule has 12 aromatic rings. The Labute approximate surface area is 338 Å². The van der Waals surface area contributed by atoms with E-state index in [1.807, 2.05) is 22.7 Å². The smallest absolute Gasteiger partial charge is 0.0541 e. The first-order chi connectivity index (χ1) is 28.2. The summed E-state index contributed by atoms with van der Waals surface area (Å²) >= 11 is 3.77. The molecule has 266 valence electrons. The molecule has 0 bridgehead atoms. The van der Waals surface area contributed by atoms with Crippen LogP contribution >= 0.6 is 22.7 Å². The maximum atomic E-state index is 2.40.